The van der Waals surface area contributed by atoms with Gasteiger partial charge in [0.05, 0.1) is 7.11 Å². The zero-order chi connectivity index (χ0) is 14.8. The molecule has 0 heterocycles. The second-order valence-corrected chi connectivity index (χ2v) is 5.71. The summed E-state index contributed by atoms with van der Waals surface area (Å²) in [6, 6.07) is 9.38. The Morgan fingerprint density at radius 2 is 1.75 bits per heavy atom. The zero-order valence-corrected chi connectivity index (χ0v) is 11.9. The van der Waals surface area contributed by atoms with E-state index in [4.69, 9.17) is 20.5 Å². The first-order valence-electron chi connectivity index (χ1n) is 5.46. The lowest BCUT2D eigenvalue weighted by atomic mass is 10.3. The largest absolute Gasteiger partial charge is 0.493 e. The fraction of sp³-hybridized carbons (Fsp3) is 0.0769. The molecular formula is C13H10ClFO4S. The summed E-state index contributed by atoms with van der Waals surface area (Å²) >= 11 is 5.58. The fourth-order valence-corrected chi connectivity index (χ4v) is 2.68. The van der Waals surface area contributed by atoms with Crippen LogP contribution < -0.4 is 8.92 Å². The zero-order valence-electron chi connectivity index (χ0n) is 10.3. The molecule has 7 heteroatoms. The number of methoxy groups -OCH3 is 1. The SMILES string of the molecule is COc1ccccc1OS(=O)(=O)c1ccc(Cl)cc1F. The van der Waals surface area contributed by atoms with Gasteiger partial charge in [-0.1, -0.05) is 23.7 Å². The first kappa shape index (κ1) is 14.6. The lowest BCUT2D eigenvalue weighted by molar-refractivity contribution is 0.389. The molecule has 0 aliphatic rings. The van der Waals surface area contributed by atoms with Gasteiger partial charge in [0.25, 0.3) is 0 Å². The molecule has 0 unspecified atom stereocenters. The summed E-state index contributed by atoms with van der Waals surface area (Å²) in [5, 5.41) is 0.0961. The van der Waals surface area contributed by atoms with Gasteiger partial charge in [0.15, 0.2) is 11.5 Å². The maximum atomic E-state index is 13.7. The molecule has 0 fully saturated rings. The van der Waals surface area contributed by atoms with E-state index in [0.29, 0.717) is 0 Å². The van der Waals surface area contributed by atoms with Crippen LogP contribution in [0.25, 0.3) is 0 Å². The summed E-state index contributed by atoms with van der Waals surface area (Å²) in [5.41, 5.74) is 0. The molecule has 0 aliphatic heterocycles. The number of para-hydroxylation sites is 2. The summed E-state index contributed by atoms with van der Waals surface area (Å²) in [6.07, 6.45) is 0. The Balaban J connectivity index is 2.41. The van der Waals surface area contributed by atoms with Crippen molar-refractivity contribution in [2.24, 2.45) is 0 Å². The third-order valence-electron chi connectivity index (χ3n) is 2.43. The van der Waals surface area contributed by atoms with E-state index in [1.54, 1.807) is 12.1 Å². The average molecular weight is 317 g/mol. The second-order valence-electron chi connectivity index (χ2n) is 3.76. The number of benzene rings is 2. The second kappa shape index (κ2) is 5.68. The van der Waals surface area contributed by atoms with Crippen molar-refractivity contribution in [1.29, 1.82) is 0 Å². The van der Waals surface area contributed by atoms with Crippen molar-refractivity contribution >= 4 is 21.7 Å². The first-order chi connectivity index (χ1) is 9.44. The van der Waals surface area contributed by atoms with Crippen molar-refractivity contribution in [2.45, 2.75) is 4.90 Å². The molecule has 0 saturated carbocycles. The van der Waals surface area contributed by atoms with Gasteiger partial charge in [0.2, 0.25) is 0 Å². The summed E-state index contributed by atoms with van der Waals surface area (Å²) in [6.45, 7) is 0. The van der Waals surface area contributed by atoms with Crippen molar-refractivity contribution in [3.8, 4) is 11.5 Å². The van der Waals surface area contributed by atoms with E-state index in [1.807, 2.05) is 0 Å². The minimum Gasteiger partial charge on any atom is -0.493 e. The summed E-state index contributed by atoms with van der Waals surface area (Å²) in [5.74, 6) is -0.776. The van der Waals surface area contributed by atoms with E-state index in [1.165, 1.54) is 25.3 Å². The van der Waals surface area contributed by atoms with E-state index >= 15 is 0 Å². The highest BCUT2D eigenvalue weighted by molar-refractivity contribution is 7.87. The number of rotatable bonds is 4. The molecule has 0 bridgehead atoms. The van der Waals surface area contributed by atoms with Crippen LogP contribution in [0.15, 0.2) is 47.4 Å². The minimum atomic E-state index is -4.31. The quantitative estimate of drug-likeness (QED) is 0.812. The Morgan fingerprint density at radius 1 is 1.10 bits per heavy atom. The van der Waals surface area contributed by atoms with Crippen molar-refractivity contribution in [3.63, 3.8) is 0 Å². The monoisotopic (exact) mass is 316 g/mol. The Hall–Kier alpha value is -1.79. The molecule has 106 valence electrons. The fourth-order valence-electron chi connectivity index (χ4n) is 1.53. The molecule has 0 N–H and O–H groups in total. The van der Waals surface area contributed by atoms with Crippen molar-refractivity contribution in [1.82, 2.24) is 0 Å². The maximum absolute atomic E-state index is 13.7. The average Bonchev–Trinajstić information content (AvgIpc) is 2.38. The van der Waals surface area contributed by atoms with Gasteiger partial charge < -0.3 is 8.92 Å². The highest BCUT2D eigenvalue weighted by Gasteiger charge is 2.23. The molecule has 0 amide bonds. The molecule has 0 spiro atoms. The summed E-state index contributed by atoms with van der Waals surface area (Å²) in [4.78, 5) is -0.590. The summed E-state index contributed by atoms with van der Waals surface area (Å²) in [7, 11) is -2.93. The van der Waals surface area contributed by atoms with Crippen LogP contribution in [0.3, 0.4) is 0 Å². The molecule has 0 aromatic heterocycles. The van der Waals surface area contributed by atoms with Crippen LogP contribution in [-0.2, 0) is 10.1 Å². The normalized spacial score (nSPS) is 11.2. The van der Waals surface area contributed by atoms with Crippen molar-refractivity contribution in [3.05, 3.63) is 53.3 Å². The molecular weight excluding hydrogens is 307 g/mol. The van der Waals surface area contributed by atoms with E-state index in [0.717, 1.165) is 12.1 Å². The lowest BCUT2D eigenvalue weighted by Gasteiger charge is -2.10. The Morgan fingerprint density at radius 3 is 2.35 bits per heavy atom. The van der Waals surface area contributed by atoms with Gasteiger partial charge in [-0.05, 0) is 30.3 Å². The number of hydrogen-bond donors (Lipinski definition) is 0. The van der Waals surface area contributed by atoms with Crippen molar-refractivity contribution < 1.29 is 21.7 Å². The molecule has 2 rings (SSSR count). The molecule has 0 aliphatic carbocycles. The van der Waals surface area contributed by atoms with Crippen LogP contribution in [0.4, 0.5) is 4.39 Å². The van der Waals surface area contributed by atoms with Crippen LogP contribution in [0, 0.1) is 5.82 Å². The van der Waals surface area contributed by atoms with E-state index in [-0.39, 0.29) is 16.5 Å². The van der Waals surface area contributed by atoms with Crippen LogP contribution >= 0.6 is 11.6 Å². The first-order valence-corrected chi connectivity index (χ1v) is 7.25. The lowest BCUT2D eigenvalue weighted by Crippen LogP contribution is -2.12. The Labute approximate surface area is 120 Å². The molecule has 20 heavy (non-hydrogen) atoms. The predicted molar refractivity (Wildman–Crippen MR) is 72.2 cm³/mol. The van der Waals surface area contributed by atoms with Gasteiger partial charge in [0, 0.05) is 5.02 Å². The van der Waals surface area contributed by atoms with Gasteiger partial charge in [-0.2, -0.15) is 8.42 Å². The highest BCUT2D eigenvalue weighted by Crippen LogP contribution is 2.30. The van der Waals surface area contributed by atoms with Crippen LogP contribution in [0.2, 0.25) is 5.02 Å². The van der Waals surface area contributed by atoms with Gasteiger partial charge in [-0.15, -0.1) is 0 Å². The van der Waals surface area contributed by atoms with Gasteiger partial charge in [0.1, 0.15) is 10.7 Å². The van der Waals surface area contributed by atoms with E-state index in [2.05, 4.69) is 0 Å². The molecule has 2 aromatic carbocycles. The smallest absolute Gasteiger partial charge is 0.342 e. The van der Waals surface area contributed by atoms with E-state index in [9.17, 15) is 12.8 Å². The van der Waals surface area contributed by atoms with Crippen LogP contribution in [0.5, 0.6) is 11.5 Å². The van der Waals surface area contributed by atoms with Crippen LogP contribution in [-0.4, -0.2) is 15.5 Å². The number of ether oxygens (including phenoxy) is 1. The number of hydrogen-bond acceptors (Lipinski definition) is 4. The predicted octanol–water partition coefficient (Wildman–Crippen LogP) is 3.26. The minimum absolute atomic E-state index is 0.0237. The molecule has 0 atom stereocenters. The van der Waals surface area contributed by atoms with Gasteiger partial charge >= 0.3 is 10.1 Å². The van der Waals surface area contributed by atoms with E-state index < -0.39 is 20.8 Å². The molecule has 2 aromatic rings. The third kappa shape index (κ3) is 3.02. The number of halogens is 2. The van der Waals surface area contributed by atoms with Gasteiger partial charge in [-0.25, -0.2) is 4.39 Å². The topological polar surface area (TPSA) is 52.6 Å². The van der Waals surface area contributed by atoms with Crippen molar-refractivity contribution in [2.75, 3.05) is 7.11 Å². The Kier molecular flexibility index (Phi) is 4.15. The van der Waals surface area contributed by atoms with Crippen LogP contribution in [0.1, 0.15) is 0 Å². The highest BCUT2D eigenvalue weighted by atomic mass is 35.5. The molecule has 4 nitrogen and oxygen atoms in total. The molecule has 0 radical (unpaired) electrons. The maximum Gasteiger partial charge on any atom is 0.342 e. The summed E-state index contributed by atoms with van der Waals surface area (Å²) < 4.78 is 47.6. The third-order valence-corrected chi connectivity index (χ3v) is 3.94. The van der Waals surface area contributed by atoms with Gasteiger partial charge in [-0.3, -0.25) is 0 Å². The molecule has 0 saturated heterocycles. The Bertz CT molecular complexity index is 731. The standard InChI is InChI=1S/C13H10ClFO4S/c1-18-11-4-2-3-5-12(11)19-20(16,17)13-7-6-9(14)8-10(13)15/h2-8H,1H3.